The summed E-state index contributed by atoms with van der Waals surface area (Å²) in [5, 5.41) is 2.98. The third-order valence-electron chi connectivity index (χ3n) is 3.53. The van der Waals surface area contributed by atoms with Crippen LogP contribution in [0.5, 0.6) is 0 Å². The maximum atomic E-state index is 13.1. The predicted molar refractivity (Wildman–Crippen MR) is 83.9 cm³/mol. The zero-order chi connectivity index (χ0) is 15.2. The van der Waals surface area contributed by atoms with Gasteiger partial charge < -0.3 is 5.32 Å². The summed E-state index contributed by atoms with van der Waals surface area (Å²) in [5.74, 6) is -0.302. The molecule has 0 aliphatic heterocycles. The van der Waals surface area contributed by atoms with Gasteiger partial charge in [-0.3, -0.25) is 4.79 Å². The first-order valence-electron chi connectivity index (χ1n) is 7.23. The van der Waals surface area contributed by atoms with Crippen LogP contribution in [0.4, 0.5) is 10.1 Å². The van der Waals surface area contributed by atoms with Crippen LogP contribution in [0.15, 0.2) is 42.5 Å². The molecule has 0 aromatic heterocycles. The third kappa shape index (κ3) is 4.15. The molecule has 0 heterocycles. The summed E-state index contributed by atoms with van der Waals surface area (Å²) in [6, 6.07) is 12.4. The van der Waals surface area contributed by atoms with E-state index in [1.807, 2.05) is 31.2 Å². The first-order valence-corrected chi connectivity index (χ1v) is 7.23. The van der Waals surface area contributed by atoms with Crippen molar-refractivity contribution in [1.29, 1.82) is 0 Å². The molecule has 3 heteroatoms. The number of nitrogens with one attached hydrogen (secondary N) is 1. The number of carbonyl (C=O) groups is 1. The zero-order valence-electron chi connectivity index (χ0n) is 12.4. The van der Waals surface area contributed by atoms with Crippen LogP contribution in [-0.4, -0.2) is 5.91 Å². The SMILES string of the molecule is CCc1cccc(C)c1NC(=O)CCc1cccc(F)c1. The standard InChI is InChI=1S/C18H20FNO/c1-3-15-8-4-6-13(2)18(15)20-17(21)11-10-14-7-5-9-16(19)12-14/h4-9,12H,3,10-11H2,1-2H3,(H,20,21). The van der Waals surface area contributed by atoms with Crippen molar-refractivity contribution >= 4 is 11.6 Å². The largest absolute Gasteiger partial charge is 0.326 e. The number of hydrogen-bond acceptors (Lipinski definition) is 1. The average Bonchev–Trinajstić information content (AvgIpc) is 2.47. The van der Waals surface area contributed by atoms with Gasteiger partial charge in [0, 0.05) is 12.1 Å². The highest BCUT2D eigenvalue weighted by molar-refractivity contribution is 5.92. The maximum Gasteiger partial charge on any atom is 0.224 e. The van der Waals surface area contributed by atoms with E-state index in [0.29, 0.717) is 12.8 Å². The van der Waals surface area contributed by atoms with Gasteiger partial charge in [-0.15, -0.1) is 0 Å². The van der Waals surface area contributed by atoms with E-state index in [4.69, 9.17) is 0 Å². The molecule has 1 N–H and O–H groups in total. The van der Waals surface area contributed by atoms with Crippen LogP contribution >= 0.6 is 0 Å². The van der Waals surface area contributed by atoms with Gasteiger partial charge in [-0.1, -0.05) is 37.3 Å². The number of amides is 1. The minimum Gasteiger partial charge on any atom is -0.326 e. The highest BCUT2D eigenvalue weighted by Gasteiger charge is 2.09. The Hall–Kier alpha value is -2.16. The molecule has 0 unspecified atom stereocenters. The Labute approximate surface area is 125 Å². The van der Waals surface area contributed by atoms with Crippen molar-refractivity contribution in [2.75, 3.05) is 5.32 Å². The molecule has 0 atom stereocenters. The van der Waals surface area contributed by atoms with Crippen LogP contribution in [0.3, 0.4) is 0 Å². The maximum absolute atomic E-state index is 13.1. The lowest BCUT2D eigenvalue weighted by molar-refractivity contribution is -0.116. The van der Waals surface area contributed by atoms with Gasteiger partial charge in [0.1, 0.15) is 5.82 Å². The minimum atomic E-state index is -0.264. The van der Waals surface area contributed by atoms with Gasteiger partial charge in [-0.2, -0.15) is 0 Å². The van der Waals surface area contributed by atoms with E-state index in [2.05, 4.69) is 12.2 Å². The molecule has 0 aliphatic rings. The van der Waals surface area contributed by atoms with Gasteiger partial charge >= 0.3 is 0 Å². The lowest BCUT2D eigenvalue weighted by Gasteiger charge is -2.13. The molecule has 0 saturated heterocycles. The van der Waals surface area contributed by atoms with Crippen molar-refractivity contribution in [1.82, 2.24) is 0 Å². The molecular weight excluding hydrogens is 265 g/mol. The summed E-state index contributed by atoms with van der Waals surface area (Å²) in [6.45, 7) is 4.05. The van der Waals surface area contributed by atoms with Gasteiger partial charge in [-0.25, -0.2) is 4.39 Å². The number of para-hydroxylation sites is 1. The number of rotatable bonds is 5. The topological polar surface area (TPSA) is 29.1 Å². The lowest BCUT2D eigenvalue weighted by atomic mass is 10.1. The first-order chi connectivity index (χ1) is 10.1. The zero-order valence-corrected chi connectivity index (χ0v) is 12.4. The van der Waals surface area contributed by atoms with Crippen molar-refractivity contribution in [3.63, 3.8) is 0 Å². The fourth-order valence-corrected chi connectivity index (χ4v) is 2.35. The first kappa shape index (κ1) is 15.2. The Morgan fingerprint density at radius 2 is 1.95 bits per heavy atom. The van der Waals surface area contributed by atoms with Crippen molar-refractivity contribution in [3.8, 4) is 0 Å². The summed E-state index contributed by atoms with van der Waals surface area (Å²) < 4.78 is 13.1. The fraction of sp³-hybridized carbons (Fsp3) is 0.278. The van der Waals surface area contributed by atoms with Crippen molar-refractivity contribution in [3.05, 3.63) is 65.0 Å². The number of benzene rings is 2. The van der Waals surface area contributed by atoms with E-state index in [9.17, 15) is 9.18 Å². The van der Waals surface area contributed by atoms with E-state index in [0.717, 1.165) is 28.8 Å². The Kier molecular flexibility index (Phi) is 5.09. The lowest BCUT2D eigenvalue weighted by Crippen LogP contribution is -2.14. The van der Waals surface area contributed by atoms with Gasteiger partial charge in [0.25, 0.3) is 0 Å². The Morgan fingerprint density at radius 1 is 1.19 bits per heavy atom. The number of hydrogen-bond donors (Lipinski definition) is 1. The van der Waals surface area contributed by atoms with E-state index >= 15 is 0 Å². The number of aryl methyl sites for hydroxylation is 3. The summed E-state index contributed by atoms with van der Waals surface area (Å²) in [6.07, 6.45) is 1.76. The Balaban J connectivity index is 1.99. The molecule has 2 nitrogen and oxygen atoms in total. The van der Waals surface area contributed by atoms with Crippen LogP contribution in [0.2, 0.25) is 0 Å². The van der Waals surface area contributed by atoms with Crippen molar-refractivity contribution < 1.29 is 9.18 Å². The highest BCUT2D eigenvalue weighted by Crippen LogP contribution is 2.21. The van der Waals surface area contributed by atoms with E-state index < -0.39 is 0 Å². The number of carbonyl (C=O) groups excluding carboxylic acids is 1. The van der Waals surface area contributed by atoms with E-state index in [1.54, 1.807) is 6.07 Å². The Bertz CT molecular complexity index is 637. The molecule has 2 rings (SSSR count). The summed E-state index contributed by atoms with van der Waals surface area (Å²) in [7, 11) is 0. The molecule has 0 spiro atoms. The van der Waals surface area contributed by atoms with Crippen LogP contribution < -0.4 is 5.32 Å². The smallest absolute Gasteiger partial charge is 0.224 e. The fourth-order valence-electron chi connectivity index (χ4n) is 2.35. The summed E-state index contributed by atoms with van der Waals surface area (Å²) >= 11 is 0. The van der Waals surface area contributed by atoms with Crippen LogP contribution in [0.25, 0.3) is 0 Å². The molecule has 0 bridgehead atoms. The quantitative estimate of drug-likeness (QED) is 0.873. The molecule has 0 radical (unpaired) electrons. The predicted octanol–water partition coefficient (Wildman–Crippen LogP) is 4.27. The van der Waals surface area contributed by atoms with Crippen LogP contribution in [0.1, 0.15) is 30.0 Å². The van der Waals surface area contributed by atoms with E-state index in [1.165, 1.54) is 12.1 Å². The second-order valence-electron chi connectivity index (χ2n) is 5.14. The third-order valence-corrected chi connectivity index (χ3v) is 3.53. The molecule has 2 aromatic rings. The number of anilines is 1. The molecular formula is C18H20FNO. The highest BCUT2D eigenvalue weighted by atomic mass is 19.1. The van der Waals surface area contributed by atoms with Gasteiger partial charge in [0.05, 0.1) is 0 Å². The normalized spacial score (nSPS) is 10.4. The summed E-state index contributed by atoms with van der Waals surface area (Å²) in [4.78, 5) is 12.1. The monoisotopic (exact) mass is 285 g/mol. The molecule has 0 saturated carbocycles. The second-order valence-corrected chi connectivity index (χ2v) is 5.14. The van der Waals surface area contributed by atoms with Crippen LogP contribution in [-0.2, 0) is 17.6 Å². The number of halogens is 1. The average molecular weight is 285 g/mol. The van der Waals surface area contributed by atoms with Crippen molar-refractivity contribution in [2.45, 2.75) is 33.1 Å². The van der Waals surface area contributed by atoms with Gasteiger partial charge in [-0.05, 0) is 48.6 Å². The van der Waals surface area contributed by atoms with Gasteiger partial charge in [0.2, 0.25) is 5.91 Å². The van der Waals surface area contributed by atoms with Crippen molar-refractivity contribution in [2.24, 2.45) is 0 Å². The molecule has 0 aliphatic carbocycles. The summed E-state index contributed by atoms with van der Waals surface area (Å²) in [5.41, 5.74) is 3.94. The van der Waals surface area contributed by atoms with E-state index in [-0.39, 0.29) is 11.7 Å². The molecule has 21 heavy (non-hydrogen) atoms. The second kappa shape index (κ2) is 7.02. The molecule has 110 valence electrons. The van der Waals surface area contributed by atoms with Gasteiger partial charge in [0.15, 0.2) is 0 Å². The molecule has 1 amide bonds. The van der Waals surface area contributed by atoms with Crippen LogP contribution in [0, 0.1) is 12.7 Å². The Morgan fingerprint density at radius 3 is 2.67 bits per heavy atom. The minimum absolute atomic E-state index is 0.0386. The molecule has 2 aromatic carbocycles. The molecule has 0 fully saturated rings.